The normalized spacial score (nSPS) is 10.2. The van der Waals surface area contributed by atoms with E-state index in [1.165, 1.54) is 6.07 Å². The van der Waals surface area contributed by atoms with Crippen molar-refractivity contribution in [3.8, 4) is 11.3 Å². The Morgan fingerprint density at radius 2 is 2.18 bits per heavy atom. The monoisotopic (exact) mass is 229 g/mol. The molecular formula is C12H11N3O2. The smallest absolute Gasteiger partial charge is 0.337 e. The molecule has 0 fully saturated rings. The van der Waals surface area contributed by atoms with E-state index >= 15 is 0 Å². The number of aromatic carboxylic acids is 1. The fourth-order valence-electron chi connectivity index (χ4n) is 1.64. The molecule has 1 heterocycles. The van der Waals surface area contributed by atoms with E-state index in [1.807, 2.05) is 6.92 Å². The summed E-state index contributed by atoms with van der Waals surface area (Å²) in [5.74, 6) is -1.05. The van der Waals surface area contributed by atoms with Gasteiger partial charge in [0, 0.05) is 17.4 Å². The number of aromatic nitrogens is 2. The highest BCUT2D eigenvalue weighted by molar-refractivity contribution is 5.95. The van der Waals surface area contributed by atoms with Crippen molar-refractivity contribution in [1.82, 2.24) is 10.2 Å². The Labute approximate surface area is 97.9 Å². The lowest BCUT2D eigenvalue weighted by atomic mass is 10.0. The molecule has 0 spiro atoms. The average molecular weight is 229 g/mol. The van der Waals surface area contributed by atoms with Gasteiger partial charge in [-0.3, -0.25) is 0 Å². The van der Waals surface area contributed by atoms with Crippen LogP contribution in [0.15, 0.2) is 30.5 Å². The maximum Gasteiger partial charge on any atom is 0.337 e. The number of hydrogen-bond acceptors (Lipinski definition) is 4. The van der Waals surface area contributed by atoms with Gasteiger partial charge in [-0.2, -0.15) is 10.2 Å². The first-order valence-electron chi connectivity index (χ1n) is 5.01. The first-order valence-corrected chi connectivity index (χ1v) is 5.01. The van der Waals surface area contributed by atoms with Crippen LogP contribution in [-0.4, -0.2) is 21.3 Å². The van der Waals surface area contributed by atoms with Gasteiger partial charge in [0.05, 0.1) is 11.3 Å². The van der Waals surface area contributed by atoms with Crippen LogP contribution < -0.4 is 5.73 Å². The number of anilines is 1. The molecule has 5 nitrogen and oxygen atoms in total. The molecule has 2 aromatic rings. The molecule has 5 heteroatoms. The number of carboxylic acids is 1. The Hall–Kier alpha value is -2.43. The second-order valence-corrected chi connectivity index (χ2v) is 3.67. The molecule has 0 radical (unpaired) electrons. The van der Waals surface area contributed by atoms with Crippen LogP contribution in [0.25, 0.3) is 11.3 Å². The fourth-order valence-corrected chi connectivity index (χ4v) is 1.64. The highest BCUT2D eigenvalue weighted by atomic mass is 16.4. The van der Waals surface area contributed by atoms with Crippen LogP contribution in [0.5, 0.6) is 0 Å². The fraction of sp³-hybridized carbons (Fsp3) is 0.0833. The van der Waals surface area contributed by atoms with Gasteiger partial charge in [-0.25, -0.2) is 4.79 Å². The second-order valence-electron chi connectivity index (χ2n) is 3.67. The van der Waals surface area contributed by atoms with E-state index in [1.54, 1.807) is 24.4 Å². The maximum absolute atomic E-state index is 11.0. The summed E-state index contributed by atoms with van der Waals surface area (Å²) in [7, 11) is 0. The molecule has 3 N–H and O–H groups in total. The van der Waals surface area contributed by atoms with Gasteiger partial charge in [-0.15, -0.1) is 0 Å². The van der Waals surface area contributed by atoms with Gasteiger partial charge in [0.25, 0.3) is 0 Å². The molecule has 86 valence electrons. The summed E-state index contributed by atoms with van der Waals surface area (Å²) >= 11 is 0. The third-order valence-corrected chi connectivity index (χ3v) is 2.48. The predicted molar refractivity (Wildman–Crippen MR) is 63.6 cm³/mol. The molecule has 0 saturated heterocycles. The summed E-state index contributed by atoms with van der Waals surface area (Å²) in [4.78, 5) is 11.0. The number of nitrogen functional groups attached to an aromatic ring is 1. The number of carbonyl (C=O) groups is 1. The van der Waals surface area contributed by atoms with Gasteiger partial charge in [0.15, 0.2) is 0 Å². The summed E-state index contributed by atoms with van der Waals surface area (Å²) in [5, 5.41) is 16.7. The Morgan fingerprint density at radius 1 is 1.41 bits per heavy atom. The van der Waals surface area contributed by atoms with Crippen LogP contribution in [0, 0.1) is 6.92 Å². The summed E-state index contributed by atoms with van der Waals surface area (Å²) < 4.78 is 0. The number of nitrogens with two attached hydrogens (primary N) is 1. The van der Waals surface area contributed by atoms with E-state index < -0.39 is 5.97 Å². The van der Waals surface area contributed by atoms with E-state index in [9.17, 15) is 4.79 Å². The minimum atomic E-state index is -1.05. The summed E-state index contributed by atoms with van der Waals surface area (Å²) in [5.41, 5.74) is 8.21. The molecule has 17 heavy (non-hydrogen) atoms. The highest BCUT2D eigenvalue weighted by Gasteiger charge is 2.12. The number of carboxylic acid groups (broad SMARTS) is 1. The molecule has 1 aromatic heterocycles. The topological polar surface area (TPSA) is 89.1 Å². The molecule has 0 aliphatic carbocycles. The third-order valence-electron chi connectivity index (χ3n) is 2.48. The SMILES string of the molecule is Cc1cc(N)c(C(=O)O)cc1-c1cccnn1. The van der Waals surface area contributed by atoms with Crippen molar-refractivity contribution >= 4 is 11.7 Å². The second kappa shape index (κ2) is 4.21. The van der Waals surface area contributed by atoms with Crippen molar-refractivity contribution in [3.05, 3.63) is 41.6 Å². The van der Waals surface area contributed by atoms with Gasteiger partial charge < -0.3 is 10.8 Å². The molecular weight excluding hydrogens is 218 g/mol. The average Bonchev–Trinajstić information content (AvgIpc) is 2.29. The summed E-state index contributed by atoms with van der Waals surface area (Å²) in [6, 6.07) is 6.68. The molecule has 0 bridgehead atoms. The number of benzene rings is 1. The summed E-state index contributed by atoms with van der Waals surface area (Å²) in [6.45, 7) is 1.85. The predicted octanol–water partition coefficient (Wildman–Crippen LogP) is 1.73. The van der Waals surface area contributed by atoms with Crippen molar-refractivity contribution in [2.24, 2.45) is 0 Å². The molecule has 0 saturated carbocycles. The lowest BCUT2D eigenvalue weighted by Gasteiger charge is -2.08. The standard InChI is InChI=1S/C12H11N3O2/c1-7-5-10(13)9(12(16)17)6-8(7)11-3-2-4-14-15-11/h2-6H,13H2,1H3,(H,16,17). The number of rotatable bonds is 2. The van der Waals surface area contributed by atoms with Gasteiger partial charge >= 0.3 is 5.97 Å². The molecule has 2 rings (SSSR count). The zero-order valence-corrected chi connectivity index (χ0v) is 9.21. The minimum absolute atomic E-state index is 0.0799. The minimum Gasteiger partial charge on any atom is -0.478 e. The lowest BCUT2D eigenvalue weighted by Crippen LogP contribution is -2.04. The zero-order valence-electron chi connectivity index (χ0n) is 9.21. The van der Waals surface area contributed by atoms with Crippen molar-refractivity contribution in [2.45, 2.75) is 6.92 Å². The van der Waals surface area contributed by atoms with Gasteiger partial charge in [-0.05, 0) is 36.8 Å². The van der Waals surface area contributed by atoms with E-state index in [0.717, 1.165) is 11.1 Å². The Kier molecular flexibility index (Phi) is 2.74. The highest BCUT2D eigenvalue weighted by Crippen LogP contribution is 2.26. The first-order chi connectivity index (χ1) is 8.09. The zero-order chi connectivity index (χ0) is 12.4. The molecule has 0 atom stereocenters. The van der Waals surface area contributed by atoms with Crippen molar-refractivity contribution in [3.63, 3.8) is 0 Å². The van der Waals surface area contributed by atoms with Crippen LogP contribution in [0.3, 0.4) is 0 Å². The quantitative estimate of drug-likeness (QED) is 0.765. The number of nitrogens with zero attached hydrogens (tertiary/aromatic N) is 2. The first kappa shape index (κ1) is 11.1. The van der Waals surface area contributed by atoms with Crippen molar-refractivity contribution < 1.29 is 9.90 Å². The lowest BCUT2D eigenvalue weighted by molar-refractivity contribution is 0.0698. The van der Waals surface area contributed by atoms with Gasteiger partial charge in [-0.1, -0.05) is 0 Å². The molecule has 0 amide bonds. The molecule has 0 aliphatic rings. The van der Waals surface area contributed by atoms with Crippen LogP contribution >= 0.6 is 0 Å². The van der Waals surface area contributed by atoms with Crippen LogP contribution in [0.4, 0.5) is 5.69 Å². The maximum atomic E-state index is 11.0. The van der Waals surface area contributed by atoms with Crippen LogP contribution in [0.1, 0.15) is 15.9 Å². The van der Waals surface area contributed by atoms with E-state index in [-0.39, 0.29) is 11.3 Å². The molecule has 0 aliphatic heterocycles. The third kappa shape index (κ3) is 2.08. The van der Waals surface area contributed by atoms with E-state index in [2.05, 4.69) is 10.2 Å². The molecule has 1 aromatic carbocycles. The molecule has 0 unspecified atom stereocenters. The van der Waals surface area contributed by atoms with Crippen molar-refractivity contribution in [2.75, 3.05) is 5.73 Å². The largest absolute Gasteiger partial charge is 0.478 e. The van der Waals surface area contributed by atoms with Gasteiger partial charge in [0.1, 0.15) is 0 Å². The van der Waals surface area contributed by atoms with E-state index in [0.29, 0.717) is 5.69 Å². The summed E-state index contributed by atoms with van der Waals surface area (Å²) in [6.07, 6.45) is 1.56. The van der Waals surface area contributed by atoms with Crippen LogP contribution in [0.2, 0.25) is 0 Å². The number of hydrogen-bond donors (Lipinski definition) is 2. The Balaban J connectivity index is 2.63. The van der Waals surface area contributed by atoms with Crippen molar-refractivity contribution in [1.29, 1.82) is 0 Å². The van der Waals surface area contributed by atoms with E-state index in [4.69, 9.17) is 10.8 Å². The number of aryl methyl sites for hydroxylation is 1. The Morgan fingerprint density at radius 3 is 2.76 bits per heavy atom. The Bertz CT molecular complexity index is 567. The van der Waals surface area contributed by atoms with Gasteiger partial charge in [0.2, 0.25) is 0 Å². The van der Waals surface area contributed by atoms with Crippen LogP contribution in [-0.2, 0) is 0 Å².